The molecule has 0 aromatic heterocycles. The first-order chi connectivity index (χ1) is 21.6. The molecule has 2 amide bonds. The molecule has 3 aromatic carbocycles. The first kappa shape index (κ1) is 34.1. The van der Waals surface area contributed by atoms with Gasteiger partial charge in [-0.2, -0.15) is 0 Å². The van der Waals surface area contributed by atoms with Gasteiger partial charge in [0.15, 0.2) is 11.5 Å². The molecule has 4 rings (SSSR count). The SMILES string of the molecule is CCOc1ccc(N(CC(=O)N(Cc2ccc(Br)cc2)[C@H](C)C(=O)NC2CCCC2)S(=O)(=O)c2ccc(OC)c(OC)c2)cc1. The molecule has 0 aliphatic heterocycles. The van der Waals surface area contributed by atoms with Crippen LogP contribution in [0.15, 0.2) is 76.1 Å². The Hall–Kier alpha value is -3.77. The van der Waals surface area contributed by atoms with Crippen LogP contribution >= 0.6 is 15.9 Å². The second-order valence-electron chi connectivity index (χ2n) is 10.8. The van der Waals surface area contributed by atoms with Gasteiger partial charge in [-0.3, -0.25) is 13.9 Å². The van der Waals surface area contributed by atoms with Gasteiger partial charge in [-0.05, 0) is 80.8 Å². The molecule has 10 nitrogen and oxygen atoms in total. The molecule has 0 heterocycles. The van der Waals surface area contributed by atoms with Crippen LogP contribution in [0.1, 0.15) is 45.1 Å². The summed E-state index contributed by atoms with van der Waals surface area (Å²) in [6.07, 6.45) is 3.89. The molecule has 0 spiro atoms. The normalized spacial score (nSPS) is 14.0. The molecule has 12 heteroatoms. The zero-order valence-corrected chi connectivity index (χ0v) is 28.4. The lowest BCUT2D eigenvalue weighted by atomic mass is 10.1. The highest BCUT2D eigenvalue weighted by molar-refractivity contribution is 9.10. The van der Waals surface area contributed by atoms with Crippen molar-refractivity contribution in [3.05, 3.63) is 76.8 Å². The number of methoxy groups -OCH3 is 2. The zero-order chi connectivity index (χ0) is 32.6. The molecule has 1 aliphatic rings. The monoisotopic (exact) mass is 701 g/mol. The van der Waals surface area contributed by atoms with E-state index in [2.05, 4.69) is 21.2 Å². The molecule has 242 valence electrons. The number of hydrogen-bond acceptors (Lipinski definition) is 7. The molecule has 1 atom stereocenters. The second kappa shape index (κ2) is 15.5. The van der Waals surface area contributed by atoms with Crippen LogP contribution in [-0.2, 0) is 26.2 Å². The molecule has 1 aliphatic carbocycles. The number of nitrogens with one attached hydrogen (secondary N) is 1. The first-order valence-electron chi connectivity index (χ1n) is 14.9. The van der Waals surface area contributed by atoms with Crippen LogP contribution in [0.3, 0.4) is 0 Å². The van der Waals surface area contributed by atoms with E-state index in [1.165, 1.54) is 37.3 Å². The van der Waals surface area contributed by atoms with Crippen LogP contribution in [0, 0.1) is 0 Å². The highest BCUT2D eigenvalue weighted by Gasteiger charge is 2.34. The van der Waals surface area contributed by atoms with Gasteiger partial charge < -0.3 is 24.4 Å². The number of carbonyl (C=O) groups is 2. The van der Waals surface area contributed by atoms with Crippen molar-refractivity contribution in [2.75, 3.05) is 31.7 Å². The van der Waals surface area contributed by atoms with E-state index >= 15 is 0 Å². The van der Waals surface area contributed by atoms with Crippen LogP contribution in [0.5, 0.6) is 17.2 Å². The fourth-order valence-corrected chi connectivity index (χ4v) is 6.96. The number of amides is 2. The summed E-state index contributed by atoms with van der Waals surface area (Å²) in [7, 11) is -1.43. The van der Waals surface area contributed by atoms with E-state index in [0.29, 0.717) is 18.1 Å². The minimum atomic E-state index is -4.31. The maximum atomic E-state index is 14.2. The summed E-state index contributed by atoms with van der Waals surface area (Å²) in [4.78, 5) is 29.0. The van der Waals surface area contributed by atoms with E-state index in [1.54, 1.807) is 31.2 Å². The summed E-state index contributed by atoms with van der Waals surface area (Å²) >= 11 is 3.43. The van der Waals surface area contributed by atoms with E-state index in [9.17, 15) is 18.0 Å². The predicted octanol–water partition coefficient (Wildman–Crippen LogP) is 5.54. The van der Waals surface area contributed by atoms with Gasteiger partial charge in [0.25, 0.3) is 10.0 Å². The molecular weight excluding hydrogens is 662 g/mol. The Bertz CT molecular complexity index is 1560. The van der Waals surface area contributed by atoms with Crippen molar-refractivity contribution in [1.29, 1.82) is 0 Å². The predicted molar refractivity (Wildman–Crippen MR) is 176 cm³/mol. The summed E-state index contributed by atoms with van der Waals surface area (Å²) in [5.74, 6) is 0.339. The Morgan fingerprint density at radius 2 is 1.60 bits per heavy atom. The number of rotatable bonds is 14. The van der Waals surface area contributed by atoms with Gasteiger partial charge in [0.2, 0.25) is 11.8 Å². The lowest BCUT2D eigenvalue weighted by molar-refractivity contribution is -0.139. The largest absolute Gasteiger partial charge is 0.494 e. The van der Waals surface area contributed by atoms with Crippen molar-refractivity contribution in [3.8, 4) is 17.2 Å². The van der Waals surface area contributed by atoms with E-state index in [-0.39, 0.29) is 34.8 Å². The van der Waals surface area contributed by atoms with Crippen molar-refractivity contribution in [2.24, 2.45) is 0 Å². The quantitative estimate of drug-likeness (QED) is 0.235. The van der Waals surface area contributed by atoms with Crippen molar-refractivity contribution in [3.63, 3.8) is 0 Å². The molecule has 3 aromatic rings. The second-order valence-corrected chi connectivity index (χ2v) is 13.5. The van der Waals surface area contributed by atoms with E-state index in [0.717, 1.165) is 40.0 Å². The molecule has 1 fully saturated rings. The third-order valence-electron chi connectivity index (χ3n) is 7.79. The molecule has 1 N–H and O–H groups in total. The maximum absolute atomic E-state index is 14.2. The van der Waals surface area contributed by atoms with Crippen LogP contribution < -0.4 is 23.8 Å². The number of ether oxygens (including phenoxy) is 3. The smallest absolute Gasteiger partial charge is 0.264 e. The number of nitrogens with zero attached hydrogens (tertiary/aromatic N) is 2. The van der Waals surface area contributed by atoms with Gasteiger partial charge >= 0.3 is 0 Å². The number of sulfonamides is 1. The third-order valence-corrected chi connectivity index (χ3v) is 10.1. The molecule has 0 unspecified atom stereocenters. The topological polar surface area (TPSA) is 114 Å². The fourth-order valence-electron chi connectivity index (χ4n) is 5.27. The molecule has 0 saturated heterocycles. The highest BCUT2D eigenvalue weighted by Crippen LogP contribution is 2.33. The van der Waals surface area contributed by atoms with E-state index in [1.807, 2.05) is 31.2 Å². The van der Waals surface area contributed by atoms with Gasteiger partial charge in [-0.15, -0.1) is 0 Å². The summed E-state index contributed by atoms with van der Waals surface area (Å²) in [6.45, 7) is 3.52. The number of halogens is 1. The Kier molecular flexibility index (Phi) is 11.7. The molecule has 0 bridgehead atoms. The average molecular weight is 703 g/mol. The van der Waals surface area contributed by atoms with E-state index < -0.39 is 28.5 Å². The van der Waals surface area contributed by atoms with Crippen LogP contribution in [0.4, 0.5) is 5.69 Å². The summed E-state index contributed by atoms with van der Waals surface area (Å²) in [5, 5.41) is 3.08. The van der Waals surface area contributed by atoms with Crippen molar-refractivity contribution >= 4 is 43.5 Å². The van der Waals surface area contributed by atoms with Gasteiger partial charge in [-0.1, -0.05) is 40.9 Å². The summed E-state index contributed by atoms with van der Waals surface area (Å²) < 4.78 is 46.6. The van der Waals surface area contributed by atoms with Crippen LogP contribution in [0.25, 0.3) is 0 Å². The van der Waals surface area contributed by atoms with Crippen molar-refractivity contribution < 1.29 is 32.2 Å². The minimum Gasteiger partial charge on any atom is -0.494 e. The van der Waals surface area contributed by atoms with Gasteiger partial charge in [0.05, 0.1) is 31.4 Å². The number of anilines is 1. The number of benzene rings is 3. The third kappa shape index (κ3) is 8.49. The molecule has 45 heavy (non-hydrogen) atoms. The Balaban J connectivity index is 1.72. The van der Waals surface area contributed by atoms with Crippen molar-refractivity contribution in [1.82, 2.24) is 10.2 Å². The molecular formula is C33H40BrN3O7S. The van der Waals surface area contributed by atoms with Crippen LogP contribution in [0.2, 0.25) is 0 Å². The number of hydrogen-bond donors (Lipinski definition) is 1. The zero-order valence-electron chi connectivity index (χ0n) is 26.0. The van der Waals surface area contributed by atoms with Gasteiger partial charge in [0.1, 0.15) is 18.3 Å². The fraction of sp³-hybridized carbons (Fsp3) is 0.394. The lowest BCUT2D eigenvalue weighted by Gasteiger charge is -2.32. The van der Waals surface area contributed by atoms with E-state index in [4.69, 9.17) is 14.2 Å². The van der Waals surface area contributed by atoms with Gasteiger partial charge in [0, 0.05) is 23.1 Å². The maximum Gasteiger partial charge on any atom is 0.264 e. The Morgan fingerprint density at radius 1 is 0.956 bits per heavy atom. The minimum absolute atomic E-state index is 0.0652. The first-order valence-corrected chi connectivity index (χ1v) is 17.1. The Labute approximate surface area is 273 Å². The Morgan fingerprint density at radius 3 is 2.20 bits per heavy atom. The number of carbonyl (C=O) groups excluding carboxylic acids is 2. The summed E-state index contributed by atoms with van der Waals surface area (Å²) in [5.41, 5.74) is 1.05. The van der Waals surface area contributed by atoms with Crippen molar-refractivity contribution in [2.45, 2.75) is 63.1 Å². The van der Waals surface area contributed by atoms with Crippen LogP contribution in [-0.4, -0.2) is 64.6 Å². The van der Waals surface area contributed by atoms with Gasteiger partial charge in [-0.25, -0.2) is 8.42 Å². The standard InChI is InChI=1S/C33H40BrN3O7S/c1-5-44-28-16-14-27(15-17-28)37(45(40,41)29-18-19-30(42-3)31(20-29)43-4)22-32(38)36(21-24-10-12-25(34)13-11-24)23(2)33(39)35-26-8-6-7-9-26/h10-20,23,26H,5-9,21-22H2,1-4H3,(H,35,39)/t23-/m1/s1. The molecule has 1 saturated carbocycles. The lowest BCUT2D eigenvalue weighted by Crippen LogP contribution is -2.52. The highest BCUT2D eigenvalue weighted by atomic mass is 79.9. The summed E-state index contributed by atoms with van der Waals surface area (Å²) in [6, 6.07) is 17.4. The average Bonchev–Trinajstić information content (AvgIpc) is 3.56. The molecule has 0 radical (unpaired) electrons.